The van der Waals surface area contributed by atoms with E-state index in [1.54, 1.807) is 24.4 Å². The average molecular weight is 402 g/mol. The fourth-order valence-electron chi connectivity index (χ4n) is 3.25. The monoisotopic (exact) mass is 402 g/mol. The first-order chi connectivity index (χ1) is 14.5. The lowest BCUT2D eigenvalue weighted by molar-refractivity contribution is -0.137. The summed E-state index contributed by atoms with van der Waals surface area (Å²) in [6.07, 6.45) is 6.34. The third-order valence-corrected chi connectivity index (χ3v) is 4.69. The number of nitrogens with one attached hydrogen (secondary N) is 1. The lowest BCUT2D eigenvalue weighted by atomic mass is 10.1. The van der Waals surface area contributed by atoms with Crippen molar-refractivity contribution < 1.29 is 14.4 Å². The number of imidazole rings is 1. The van der Waals surface area contributed by atoms with Crippen molar-refractivity contribution in [2.75, 3.05) is 0 Å². The van der Waals surface area contributed by atoms with Crippen molar-refractivity contribution in [1.29, 1.82) is 0 Å². The molecule has 0 spiro atoms. The zero-order chi connectivity index (χ0) is 21.1. The van der Waals surface area contributed by atoms with E-state index in [9.17, 15) is 14.4 Å². The minimum Gasteiger partial charge on any atom is -0.363 e. The van der Waals surface area contributed by atoms with Gasteiger partial charge in [0.2, 0.25) is 5.78 Å². The Kier molecular flexibility index (Phi) is 5.08. The molecule has 2 amide bonds. The fraction of sp³-hybridized carbons (Fsp3) is 0.0952. The van der Waals surface area contributed by atoms with E-state index in [1.807, 2.05) is 40.9 Å². The summed E-state index contributed by atoms with van der Waals surface area (Å²) in [5, 5.41) is 2.62. The molecule has 1 unspecified atom stereocenters. The number of carbonyl (C=O) groups is 3. The number of Topliss-reactive ketones (excluding diaryl/α,β-unsaturated/α-hetero) is 1. The largest absolute Gasteiger partial charge is 0.363 e. The van der Waals surface area contributed by atoms with Crippen LogP contribution in [0.15, 0.2) is 73.4 Å². The third kappa shape index (κ3) is 3.68. The zero-order valence-electron chi connectivity index (χ0n) is 15.8. The molecule has 1 atom stereocenters. The van der Waals surface area contributed by atoms with E-state index >= 15 is 0 Å². The molecule has 4 aromatic rings. The van der Waals surface area contributed by atoms with E-state index in [4.69, 9.17) is 5.73 Å². The molecule has 0 aromatic carbocycles. The van der Waals surface area contributed by atoms with Crippen LogP contribution in [0.4, 0.5) is 0 Å². The van der Waals surface area contributed by atoms with E-state index in [0.29, 0.717) is 5.82 Å². The number of ketones is 1. The number of amides is 2. The molecular formula is C21H18N6O3. The van der Waals surface area contributed by atoms with Gasteiger partial charge in [-0.25, -0.2) is 9.97 Å². The highest BCUT2D eigenvalue weighted by Gasteiger charge is 2.28. The molecule has 9 heteroatoms. The van der Waals surface area contributed by atoms with Crippen LogP contribution in [0.3, 0.4) is 0 Å². The van der Waals surface area contributed by atoms with E-state index in [-0.39, 0.29) is 12.1 Å². The smallest absolute Gasteiger partial charge is 0.287 e. The number of fused-ring (bicyclic) bond motifs is 1. The lowest BCUT2D eigenvalue weighted by Gasteiger charge is -2.17. The number of hydrogen-bond acceptors (Lipinski definition) is 5. The molecule has 0 radical (unpaired) electrons. The summed E-state index contributed by atoms with van der Waals surface area (Å²) in [6.45, 7) is 0. The van der Waals surface area contributed by atoms with Crippen LogP contribution in [0, 0.1) is 0 Å². The average Bonchev–Trinajstić information content (AvgIpc) is 3.41. The Morgan fingerprint density at radius 2 is 1.90 bits per heavy atom. The molecule has 150 valence electrons. The van der Waals surface area contributed by atoms with Gasteiger partial charge < -0.3 is 15.5 Å². The molecule has 4 heterocycles. The Hall–Kier alpha value is -4.27. The van der Waals surface area contributed by atoms with Crippen LogP contribution < -0.4 is 11.1 Å². The molecular weight excluding hydrogens is 384 g/mol. The first-order valence-electron chi connectivity index (χ1n) is 9.18. The van der Waals surface area contributed by atoms with Gasteiger partial charge in [-0.05, 0) is 36.4 Å². The lowest BCUT2D eigenvalue weighted by Crippen LogP contribution is -2.47. The molecule has 4 aromatic heterocycles. The van der Waals surface area contributed by atoms with Crippen molar-refractivity contribution in [3.05, 3.63) is 84.8 Å². The van der Waals surface area contributed by atoms with Gasteiger partial charge in [0.15, 0.2) is 0 Å². The number of nitrogens with two attached hydrogens (primary N) is 1. The van der Waals surface area contributed by atoms with Gasteiger partial charge in [0.1, 0.15) is 23.9 Å². The maximum absolute atomic E-state index is 12.9. The minimum absolute atomic E-state index is 0.101. The van der Waals surface area contributed by atoms with Crippen molar-refractivity contribution in [1.82, 2.24) is 24.3 Å². The summed E-state index contributed by atoms with van der Waals surface area (Å²) >= 11 is 0. The number of carbonyl (C=O) groups excluding carboxylic acids is 3. The molecule has 0 aliphatic heterocycles. The number of aromatic nitrogens is 4. The molecule has 4 rings (SSSR count). The predicted octanol–water partition coefficient (Wildman–Crippen LogP) is 0.915. The van der Waals surface area contributed by atoms with Gasteiger partial charge in [-0.2, -0.15) is 0 Å². The maximum atomic E-state index is 12.9. The van der Waals surface area contributed by atoms with E-state index in [2.05, 4.69) is 15.3 Å². The molecule has 0 saturated carbocycles. The molecule has 0 bridgehead atoms. The van der Waals surface area contributed by atoms with Crippen molar-refractivity contribution in [2.24, 2.45) is 5.73 Å². The highest BCUT2D eigenvalue weighted by Crippen LogP contribution is 2.13. The number of nitrogens with zero attached hydrogens (tertiary/aromatic N) is 4. The second kappa shape index (κ2) is 8.00. The van der Waals surface area contributed by atoms with Crippen LogP contribution in [0.2, 0.25) is 0 Å². The highest BCUT2D eigenvalue weighted by atomic mass is 16.2. The summed E-state index contributed by atoms with van der Waals surface area (Å²) in [5.41, 5.74) is 7.08. The number of primary amides is 1. The molecule has 0 aliphatic carbocycles. The van der Waals surface area contributed by atoms with Crippen LogP contribution in [0.5, 0.6) is 0 Å². The first kappa shape index (κ1) is 19.1. The van der Waals surface area contributed by atoms with E-state index in [0.717, 1.165) is 11.2 Å². The quantitative estimate of drug-likeness (QED) is 0.445. The summed E-state index contributed by atoms with van der Waals surface area (Å²) < 4.78 is 3.37. The predicted molar refractivity (Wildman–Crippen MR) is 108 cm³/mol. The molecule has 9 nitrogen and oxygen atoms in total. The van der Waals surface area contributed by atoms with Crippen molar-refractivity contribution >= 4 is 23.1 Å². The first-order valence-corrected chi connectivity index (χ1v) is 9.18. The molecule has 3 N–H and O–H groups in total. The Balaban J connectivity index is 1.62. The van der Waals surface area contributed by atoms with Crippen LogP contribution >= 0.6 is 0 Å². The van der Waals surface area contributed by atoms with Crippen LogP contribution in [0.25, 0.3) is 11.3 Å². The maximum Gasteiger partial charge on any atom is 0.287 e. The SMILES string of the molecule is NC(=O)C(=O)C(Cc1ccc2ccccn12)NC(=O)c1cncn1-c1ccccn1. The van der Waals surface area contributed by atoms with Gasteiger partial charge in [0.05, 0.1) is 6.20 Å². The van der Waals surface area contributed by atoms with Crippen LogP contribution in [0.1, 0.15) is 16.2 Å². The number of hydrogen-bond donors (Lipinski definition) is 2. The van der Waals surface area contributed by atoms with Crippen molar-refractivity contribution in [3.8, 4) is 5.82 Å². The summed E-state index contributed by atoms with van der Waals surface area (Å²) in [7, 11) is 0. The van der Waals surface area contributed by atoms with Gasteiger partial charge in [-0.1, -0.05) is 12.1 Å². The summed E-state index contributed by atoms with van der Waals surface area (Å²) in [5.74, 6) is -2.06. The fourth-order valence-corrected chi connectivity index (χ4v) is 3.25. The Morgan fingerprint density at radius 3 is 2.67 bits per heavy atom. The highest BCUT2D eigenvalue weighted by molar-refractivity contribution is 6.38. The topological polar surface area (TPSA) is 124 Å². The normalized spacial score (nSPS) is 11.9. The Morgan fingerprint density at radius 1 is 1.07 bits per heavy atom. The van der Waals surface area contributed by atoms with Crippen LogP contribution in [-0.4, -0.2) is 42.6 Å². The molecule has 30 heavy (non-hydrogen) atoms. The second-order valence-corrected chi connectivity index (χ2v) is 6.62. The van der Waals surface area contributed by atoms with Crippen molar-refractivity contribution in [3.63, 3.8) is 0 Å². The standard InChI is InChI=1S/C21H18N6O3/c22-20(29)19(28)16(11-15-8-7-14-5-2-4-10-26(14)15)25-21(30)17-12-23-13-27(17)18-6-1-3-9-24-18/h1-10,12-13,16H,11H2,(H2,22,29)(H,25,30). The zero-order valence-corrected chi connectivity index (χ0v) is 15.8. The van der Waals surface area contributed by atoms with Gasteiger partial charge in [0.25, 0.3) is 11.8 Å². The van der Waals surface area contributed by atoms with E-state index < -0.39 is 23.6 Å². The second-order valence-electron chi connectivity index (χ2n) is 6.62. The minimum atomic E-state index is -1.12. The van der Waals surface area contributed by atoms with Gasteiger partial charge in [-0.3, -0.25) is 19.0 Å². The summed E-state index contributed by atoms with van der Waals surface area (Å²) in [6, 6.07) is 13.5. The van der Waals surface area contributed by atoms with Crippen LogP contribution in [-0.2, 0) is 16.0 Å². The van der Waals surface area contributed by atoms with E-state index in [1.165, 1.54) is 17.1 Å². The number of pyridine rings is 2. The third-order valence-electron chi connectivity index (χ3n) is 4.69. The Bertz CT molecular complexity index is 1230. The van der Waals surface area contributed by atoms with Crippen molar-refractivity contribution in [2.45, 2.75) is 12.5 Å². The summed E-state index contributed by atoms with van der Waals surface area (Å²) in [4.78, 5) is 45.1. The van der Waals surface area contributed by atoms with Gasteiger partial charge in [-0.15, -0.1) is 0 Å². The molecule has 0 saturated heterocycles. The van der Waals surface area contributed by atoms with Gasteiger partial charge >= 0.3 is 0 Å². The molecule has 0 fully saturated rings. The Labute approximate surface area is 171 Å². The molecule has 0 aliphatic rings. The van der Waals surface area contributed by atoms with Gasteiger partial charge in [0, 0.05) is 30.0 Å². The number of rotatable bonds is 7.